The molecular formula is C19H23N3O2. The Morgan fingerprint density at radius 2 is 1.88 bits per heavy atom. The molecule has 1 saturated heterocycles. The first kappa shape index (κ1) is 16.4. The molecule has 2 amide bonds. The fraction of sp³-hybridized carbons (Fsp3) is 0.421. The Morgan fingerprint density at radius 1 is 1.17 bits per heavy atom. The zero-order valence-electron chi connectivity index (χ0n) is 14.4. The van der Waals surface area contributed by atoms with Crippen LogP contribution in [0.3, 0.4) is 0 Å². The zero-order valence-corrected chi connectivity index (χ0v) is 14.4. The average Bonchev–Trinajstić information content (AvgIpc) is 3.07. The zero-order chi connectivity index (χ0) is 17.3. The first-order valence-corrected chi connectivity index (χ1v) is 8.30. The summed E-state index contributed by atoms with van der Waals surface area (Å²) in [6.45, 7) is 6.78. The molecule has 1 aliphatic rings. The summed E-state index contributed by atoms with van der Waals surface area (Å²) >= 11 is 0. The van der Waals surface area contributed by atoms with Gasteiger partial charge in [-0.2, -0.15) is 0 Å². The lowest BCUT2D eigenvalue weighted by atomic mass is 9.78. The summed E-state index contributed by atoms with van der Waals surface area (Å²) < 4.78 is 1.99. The molecule has 1 unspecified atom stereocenters. The Labute approximate surface area is 142 Å². The van der Waals surface area contributed by atoms with E-state index in [1.165, 1.54) is 4.90 Å². The number of carbonyl (C=O) groups is 2. The van der Waals surface area contributed by atoms with Crippen LogP contribution in [-0.2, 0) is 22.7 Å². The Kier molecular flexibility index (Phi) is 4.26. The average molecular weight is 325 g/mol. The smallest absolute Gasteiger partial charge is 0.236 e. The number of carbonyl (C=O) groups excluding carboxylic acids is 2. The maximum atomic E-state index is 12.7. The molecule has 1 atom stereocenters. The Bertz CT molecular complexity index is 751. The molecule has 0 radical (unpaired) electrons. The normalized spacial score (nSPS) is 21.1. The molecule has 126 valence electrons. The second-order valence-electron chi connectivity index (χ2n) is 6.99. The van der Waals surface area contributed by atoms with Gasteiger partial charge in [-0.25, -0.2) is 4.98 Å². The molecule has 0 N–H and O–H groups in total. The predicted molar refractivity (Wildman–Crippen MR) is 90.9 cm³/mol. The molecule has 1 aliphatic heterocycles. The summed E-state index contributed by atoms with van der Waals surface area (Å²) in [6.07, 6.45) is 3.88. The van der Waals surface area contributed by atoms with Crippen LogP contribution in [0.15, 0.2) is 42.7 Å². The summed E-state index contributed by atoms with van der Waals surface area (Å²) in [7, 11) is 0. The number of imidazole rings is 1. The van der Waals surface area contributed by atoms with E-state index < -0.39 is 5.41 Å². The summed E-state index contributed by atoms with van der Waals surface area (Å²) in [4.78, 5) is 30.8. The van der Waals surface area contributed by atoms with E-state index in [9.17, 15) is 9.59 Å². The van der Waals surface area contributed by atoms with Crippen molar-refractivity contribution in [1.29, 1.82) is 0 Å². The summed E-state index contributed by atoms with van der Waals surface area (Å²) in [5.74, 6) is 0.666. The molecule has 2 heterocycles. The van der Waals surface area contributed by atoms with Gasteiger partial charge in [-0.15, -0.1) is 0 Å². The lowest BCUT2D eigenvalue weighted by Crippen LogP contribution is -2.37. The van der Waals surface area contributed by atoms with E-state index in [1.807, 2.05) is 61.9 Å². The SMILES string of the molecule is CC(C)C1(C)CC(=O)N(Cc2nccn2Cc2ccccc2)C1=O. The van der Waals surface area contributed by atoms with Crippen LogP contribution in [0.2, 0.25) is 0 Å². The molecule has 3 rings (SSSR count). The van der Waals surface area contributed by atoms with Gasteiger partial charge in [0, 0.05) is 25.4 Å². The van der Waals surface area contributed by atoms with Gasteiger partial charge in [-0.05, 0) is 18.4 Å². The van der Waals surface area contributed by atoms with E-state index in [1.54, 1.807) is 6.20 Å². The highest BCUT2D eigenvalue weighted by Crippen LogP contribution is 2.39. The van der Waals surface area contributed by atoms with Crippen LogP contribution in [-0.4, -0.2) is 26.3 Å². The monoisotopic (exact) mass is 325 g/mol. The molecule has 0 bridgehead atoms. The molecule has 0 spiro atoms. The molecule has 1 aromatic heterocycles. The van der Waals surface area contributed by atoms with Crippen LogP contribution in [0.1, 0.15) is 38.6 Å². The standard InChI is InChI=1S/C19H23N3O2/c1-14(2)19(3)11-17(23)22(18(19)24)13-16-20-9-10-21(16)12-15-7-5-4-6-8-15/h4-10,14H,11-13H2,1-3H3. The largest absolute Gasteiger partial charge is 0.329 e. The minimum absolute atomic E-state index is 0.0863. The predicted octanol–water partition coefficient (Wildman–Crippen LogP) is 2.85. The van der Waals surface area contributed by atoms with Gasteiger partial charge in [0.05, 0.1) is 12.0 Å². The van der Waals surface area contributed by atoms with Crippen molar-refractivity contribution < 1.29 is 9.59 Å². The van der Waals surface area contributed by atoms with Gasteiger partial charge in [0.15, 0.2) is 0 Å². The summed E-state index contributed by atoms with van der Waals surface area (Å²) in [5, 5.41) is 0. The maximum absolute atomic E-state index is 12.7. The highest BCUT2D eigenvalue weighted by molar-refractivity contribution is 6.05. The number of amides is 2. The fourth-order valence-electron chi connectivity index (χ4n) is 3.08. The third kappa shape index (κ3) is 2.86. The van der Waals surface area contributed by atoms with E-state index in [0.29, 0.717) is 6.54 Å². The highest BCUT2D eigenvalue weighted by atomic mass is 16.2. The molecule has 0 aliphatic carbocycles. The van der Waals surface area contributed by atoms with Gasteiger partial charge in [0.1, 0.15) is 5.82 Å². The van der Waals surface area contributed by atoms with Crippen LogP contribution >= 0.6 is 0 Å². The quantitative estimate of drug-likeness (QED) is 0.794. The van der Waals surface area contributed by atoms with Crippen LogP contribution in [0.5, 0.6) is 0 Å². The van der Waals surface area contributed by atoms with Crippen LogP contribution < -0.4 is 0 Å². The maximum Gasteiger partial charge on any atom is 0.236 e. The van der Waals surface area contributed by atoms with E-state index in [4.69, 9.17) is 0 Å². The fourth-order valence-corrected chi connectivity index (χ4v) is 3.08. The van der Waals surface area contributed by atoms with Gasteiger partial charge in [-0.3, -0.25) is 14.5 Å². The van der Waals surface area contributed by atoms with Crippen LogP contribution in [0, 0.1) is 11.3 Å². The number of hydrogen-bond donors (Lipinski definition) is 0. The third-order valence-corrected chi connectivity index (χ3v) is 5.12. The molecule has 2 aromatic rings. The second-order valence-corrected chi connectivity index (χ2v) is 6.99. The van der Waals surface area contributed by atoms with Gasteiger partial charge >= 0.3 is 0 Å². The van der Waals surface area contributed by atoms with Crippen molar-refractivity contribution in [2.24, 2.45) is 11.3 Å². The molecule has 1 fully saturated rings. The lowest BCUT2D eigenvalue weighted by molar-refractivity contribution is -0.142. The number of benzene rings is 1. The van der Waals surface area contributed by atoms with Crippen molar-refractivity contribution in [3.05, 3.63) is 54.1 Å². The topological polar surface area (TPSA) is 55.2 Å². The molecule has 1 aromatic carbocycles. The van der Waals surface area contributed by atoms with Crippen molar-refractivity contribution in [2.45, 2.75) is 40.3 Å². The van der Waals surface area contributed by atoms with Gasteiger partial charge in [0.2, 0.25) is 11.8 Å². The third-order valence-electron chi connectivity index (χ3n) is 5.12. The van der Waals surface area contributed by atoms with E-state index in [-0.39, 0.29) is 30.7 Å². The number of aromatic nitrogens is 2. The van der Waals surface area contributed by atoms with E-state index >= 15 is 0 Å². The molecule has 24 heavy (non-hydrogen) atoms. The van der Waals surface area contributed by atoms with Gasteiger partial charge < -0.3 is 4.57 Å². The second kappa shape index (κ2) is 6.23. The lowest BCUT2D eigenvalue weighted by Gasteiger charge is -2.26. The molecule has 5 heteroatoms. The summed E-state index contributed by atoms with van der Waals surface area (Å²) in [5.41, 5.74) is 0.552. The number of hydrogen-bond acceptors (Lipinski definition) is 3. The Morgan fingerprint density at radius 3 is 2.50 bits per heavy atom. The first-order valence-electron chi connectivity index (χ1n) is 8.30. The van der Waals surface area contributed by atoms with Crippen molar-refractivity contribution in [3.8, 4) is 0 Å². The Hall–Kier alpha value is -2.43. The van der Waals surface area contributed by atoms with Gasteiger partial charge in [-0.1, -0.05) is 44.2 Å². The van der Waals surface area contributed by atoms with Crippen molar-refractivity contribution in [2.75, 3.05) is 0 Å². The number of likely N-dealkylation sites (tertiary alicyclic amines) is 1. The first-order chi connectivity index (χ1) is 11.4. The highest BCUT2D eigenvalue weighted by Gasteiger charge is 2.50. The van der Waals surface area contributed by atoms with E-state index in [0.717, 1.165) is 11.4 Å². The number of rotatable bonds is 5. The number of nitrogens with zero attached hydrogens (tertiary/aromatic N) is 3. The van der Waals surface area contributed by atoms with Crippen molar-refractivity contribution >= 4 is 11.8 Å². The van der Waals surface area contributed by atoms with E-state index in [2.05, 4.69) is 4.98 Å². The minimum atomic E-state index is -0.603. The Balaban J connectivity index is 1.79. The van der Waals surface area contributed by atoms with Crippen LogP contribution in [0.4, 0.5) is 0 Å². The van der Waals surface area contributed by atoms with Crippen molar-refractivity contribution in [1.82, 2.24) is 14.5 Å². The molecule has 0 saturated carbocycles. The van der Waals surface area contributed by atoms with Crippen LogP contribution in [0.25, 0.3) is 0 Å². The number of imide groups is 1. The van der Waals surface area contributed by atoms with Gasteiger partial charge in [0.25, 0.3) is 0 Å². The molecular weight excluding hydrogens is 302 g/mol. The summed E-state index contributed by atoms with van der Waals surface area (Å²) in [6, 6.07) is 10.1. The molecule has 5 nitrogen and oxygen atoms in total. The van der Waals surface area contributed by atoms with Crippen molar-refractivity contribution in [3.63, 3.8) is 0 Å². The minimum Gasteiger partial charge on any atom is -0.329 e.